The minimum atomic E-state index is -0.342. The number of carbonyl (C=O) groups is 1. The lowest BCUT2D eigenvalue weighted by atomic mass is 10.1. The summed E-state index contributed by atoms with van der Waals surface area (Å²) >= 11 is 0. The van der Waals surface area contributed by atoms with Gasteiger partial charge >= 0.3 is 0 Å². The number of hydrogen-bond donors (Lipinski definition) is 4. The zero-order valence-electron chi connectivity index (χ0n) is 16.2. The van der Waals surface area contributed by atoms with Crippen molar-refractivity contribution in [3.05, 3.63) is 87.6 Å². The summed E-state index contributed by atoms with van der Waals surface area (Å²) in [5.41, 5.74) is 3.94. The minimum absolute atomic E-state index is 0.129. The van der Waals surface area contributed by atoms with Gasteiger partial charge in [-0.2, -0.15) is 0 Å². The van der Waals surface area contributed by atoms with Crippen LogP contribution in [0.2, 0.25) is 0 Å². The highest BCUT2D eigenvalue weighted by molar-refractivity contribution is 6.05. The second kappa shape index (κ2) is 7.63. The average molecular weight is 387 g/mol. The first-order valence-corrected chi connectivity index (χ1v) is 9.29. The van der Waals surface area contributed by atoms with Gasteiger partial charge in [0.1, 0.15) is 11.5 Å². The van der Waals surface area contributed by atoms with Crippen molar-refractivity contribution in [2.45, 2.75) is 20.4 Å². The lowest BCUT2D eigenvalue weighted by Gasteiger charge is -2.11. The van der Waals surface area contributed by atoms with Crippen LogP contribution in [-0.2, 0) is 6.54 Å². The average Bonchev–Trinajstić information content (AvgIpc) is 3.15. The molecule has 3 aromatic heterocycles. The van der Waals surface area contributed by atoms with Crippen molar-refractivity contribution < 1.29 is 4.79 Å². The molecular formula is C22H21N5O2. The highest BCUT2D eigenvalue weighted by Crippen LogP contribution is 2.22. The predicted molar refractivity (Wildman–Crippen MR) is 114 cm³/mol. The zero-order valence-corrected chi connectivity index (χ0v) is 16.2. The molecule has 4 rings (SSSR count). The third-order valence-corrected chi connectivity index (χ3v) is 4.73. The van der Waals surface area contributed by atoms with Crippen LogP contribution >= 0.6 is 0 Å². The molecule has 0 radical (unpaired) electrons. The number of H-pyrrole nitrogens is 2. The van der Waals surface area contributed by atoms with Crippen LogP contribution in [0.25, 0.3) is 10.9 Å². The number of carbonyl (C=O) groups excluding carboxylic acids is 1. The summed E-state index contributed by atoms with van der Waals surface area (Å²) in [6.07, 6.45) is 1.77. The van der Waals surface area contributed by atoms with Crippen LogP contribution in [0.3, 0.4) is 0 Å². The molecule has 3 heterocycles. The first-order chi connectivity index (χ1) is 14.0. The number of fused-ring (bicyclic) bond motifs is 1. The Morgan fingerprint density at radius 2 is 1.90 bits per heavy atom. The number of amides is 1. The Bertz CT molecular complexity index is 1240. The van der Waals surface area contributed by atoms with E-state index in [9.17, 15) is 9.59 Å². The molecule has 1 aromatic carbocycles. The number of aromatic nitrogens is 3. The maximum Gasteiger partial charge on any atom is 0.270 e. The fraction of sp³-hybridized carbons (Fsp3) is 0.136. The fourth-order valence-corrected chi connectivity index (χ4v) is 3.32. The van der Waals surface area contributed by atoms with E-state index in [2.05, 4.69) is 25.6 Å². The van der Waals surface area contributed by atoms with E-state index in [-0.39, 0.29) is 18.0 Å². The van der Waals surface area contributed by atoms with Crippen molar-refractivity contribution in [1.29, 1.82) is 0 Å². The van der Waals surface area contributed by atoms with E-state index in [4.69, 9.17) is 0 Å². The Kier molecular flexibility index (Phi) is 4.87. The quantitative estimate of drug-likeness (QED) is 0.421. The van der Waals surface area contributed by atoms with Gasteiger partial charge in [0.25, 0.3) is 11.5 Å². The molecular weight excluding hydrogens is 366 g/mol. The predicted octanol–water partition coefficient (Wildman–Crippen LogP) is 3.54. The zero-order chi connectivity index (χ0) is 20.4. The number of nitrogens with zero attached hydrogens (tertiary/aromatic N) is 1. The Balaban J connectivity index is 1.62. The van der Waals surface area contributed by atoms with E-state index in [0.717, 1.165) is 27.8 Å². The number of nitrogens with one attached hydrogen (secondary N) is 4. The summed E-state index contributed by atoms with van der Waals surface area (Å²) in [7, 11) is 0. The second-order valence-electron chi connectivity index (χ2n) is 6.91. The van der Waals surface area contributed by atoms with Crippen molar-refractivity contribution in [2.24, 2.45) is 0 Å². The van der Waals surface area contributed by atoms with Gasteiger partial charge in [-0.25, -0.2) is 4.98 Å². The molecule has 0 saturated carbocycles. The van der Waals surface area contributed by atoms with E-state index < -0.39 is 0 Å². The maximum absolute atomic E-state index is 12.9. The molecule has 29 heavy (non-hydrogen) atoms. The second-order valence-corrected chi connectivity index (χ2v) is 6.91. The molecule has 0 aliphatic carbocycles. The molecule has 7 nitrogen and oxygen atoms in total. The number of hydrogen-bond acceptors (Lipinski definition) is 4. The van der Waals surface area contributed by atoms with Crippen LogP contribution in [0.15, 0.2) is 59.5 Å². The van der Waals surface area contributed by atoms with Gasteiger partial charge in [-0.05, 0) is 43.7 Å². The molecule has 7 heteroatoms. The Labute approximate surface area is 167 Å². The van der Waals surface area contributed by atoms with Crippen molar-refractivity contribution >= 4 is 28.3 Å². The van der Waals surface area contributed by atoms with Crippen LogP contribution in [0.1, 0.15) is 27.3 Å². The number of pyridine rings is 2. The van der Waals surface area contributed by atoms with Crippen molar-refractivity contribution in [3.63, 3.8) is 0 Å². The van der Waals surface area contributed by atoms with Crippen LogP contribution in [0.4, 0.5) is 11.5 Å². The van der Waals surface area contributed by atoms with E-state index in [1.165, 1.54) is 0 Å². The summed E-state index contributed by atoms with van der Waals surface area (Å²) in [6, 6.07) is 15.2. The van der Waals surface area contributed by atoms with E-state index in [0.29, 0.717) is 17.1 Å². The van der Waals surface area contributed by atoms with Gasteiger partial charge in [0.2, 0.25) is 0 Å². The number of benzene rings is 1. The summed E-state index contributed by atoms with van der Waals surface area (Å²) in [4.78, 5) is 35.5. The topological polar surface area (TPSA) is 103 Å². The number of aromatic amines is 2. The molecule has 0 saturated heterocycles. The Hall–Kier alpha value is -3.87. The third kappa shape index (κ3) is 3.89. The van der Waals surface area contributed by atoms with Gasteiger partial charge in [0.15, 0.2) is 0 Å². The van der Waals surface area contributed by atoms with Crippen molar-refractivity contribution in [1.82, 2.24) is 20.3 Å². The molecule has 4 aromatic rings. The smallest absolute Gasteiger partial charge is 0.270 e. The molecule has 0 aliphatic heterocycles. The van der Waals surface area contributed by atoms with Crippen molar-refractivity contribution in [2.75, 3.05) is 5.32 Å². The van der Waals surface area contributed by atoms with Gasteiger partial charge in [-0.3, -0.25) is 9.59 Å². The number of para-hydroxylation sites is 1. The number of anilines is 2. The molecule has 0 atom stereocenters. The SMILES string of the molecule is Cc1cc(C)c(CNC(=O)c2nc(Nc3ccccc3)cc3[nH]ccc23)c(=O)[nH]1. The summed E-state index contributed by atoms with van der Waals surface area (Å²) < 4.78 is 0. The van der Waals surface area contributed by atoms with E-state index >= 15 is 0 Å². The molecule has 0 unspecified atom stereocenters. The molecule has 1 amide bonds. The molecule has 0 aliphatic rings. The van der Waals surface area contributed by atoms with Crippen LogP contribution in [-0.4, -0.2) is 20.9 Å². The highest BCUT2D eigenvalue weighted by Gasteiger charge is 2.16. The first-order valence-electron chi connectivity index (χ1n) is 9.29. The Morgan fingerprint density at radius 1 is 1.10 bits per heavy atom. The lowest BCUT2D eigenvalue weighted by molar-refractivity contribution is 0.0947. The van der Waals surface area contributed by atoms with Gasteiger partial charge in [-0.15, -0.1) is 0 Å². The maximum atomic E-state index is 12.9. The van der Waals surface area contributed by atoms with Crippen LogP contribution in [0.5, 0.6) is 0 Å². The molecule has 0 bridgehead atoms. The normalized spacial score (nSPS) is 10.8. The number of rotatable bonds is 5. The Morgan fingerprint density at radius 3 is 2.66 bits per heavy atom. The standard InChI is InChI=1S/C22H21N5O2/c1-13-10-14(2)25-21(28)17(13)12-24-22(29)20-16-8-9-23-18(16)11-19(27-20)26-15-6-4-3-5-7-15/h3-11,23H,12H2,1-2H3,(H,24,29)(H,25,28)(H,26,27). The lowest BCUT2D eigenvalue weighted by Crippen LogP contribution is -2.28. The molecule has 4 N–H and O–H groups in total. The summed E-state index contributed by atoms with van der Waals surface area (Å²) in [6.45, 7) is 3.81. The summed E-state index contributed by atoms with van der Waals surface area (Å²) in [5.74, 6) is 0.214. The summed E-state index contributed by atoms with van der Waals surface area (Å²) in [5, 5.41) is 6.76. The molecule has 0 spiro atoms. The van der Waals surface area contributed by atoms with E-state index in [1.807, 2.05) is 62.4 Å². The monoisotopic (exact) mass is 387 g/mol. The van der Waals surface area contributed by atoms with Gasteiger partial charge in [0.05, 0.1) is 5.52 Å². The largest absolute Gasteiger partial charge is 0.361 e. The van der Waals surface area contributed by atoms with E-state index in [1.54, 1.807) is 6.20 Å². The van der Waals surface area contributed by atoms with Crippen LogP contribution in [0, 0.1) is 13.8 Å². The first kappa shape index (κ1) is 18.5. The van der Waals surface area contributed by atoms with Gasteiger partial charge < -0.3 is 20.6 Å². The van der Waals surface area contributed by atoms with Gasteiger partial charge in [-0.1, -0.05) is 18.2 Å². The molecule has 0 fully saturated rings. The van der Waals surface area contributed by atoms with Gasteiger partial charge in [0, 0.05) is 41.1 Å². The minimum Gasteiger partial charge on any atom is -0.361 e. The van der Waals surface area contributed by atoms with Crippen LogP contribution < -0.4 is 16.2 Å². The number of aryl methyl sites for hydroxylation is 2. The highest BCUT2D eigenvalue weighted by atomic mass is 16.2. The third-order valence-electron chi connectivity index (χ3n) is 4.73. The fourth-order valence-electron chi connectivity index (χ4n) is 3.32. The van der Waals surface area contributed by atoms with Crippen molar-refractivity contribution in [3.8, 4) is 0 Å². The molecule has 146 valence electrons.